The van der Waals surface area contributed by atoms with Crippen molar-refractivity contribution in [3.8, 4) is 0 Å². The average Bonchev–Trinajstić information content (AvgIpc) is 3.32. The fraction of sp³-hybridized carbons (Fsp3) is 0.694. The number of likely N-dealkylation sites (tertiary alicyclic amines) is 1. The van der Waals surface area contributed by atoms with Crippen molar-refractivity contribution in [3.05, 3.63) is 35.4 Å². The number of halogens is 2. The number of piperidine rings is 1. The summed E-state index contributed by atoms with van der Waals surface area (Å²) in [5.74, 6) is -3.62. The van der Waals surface area contributed by atoms with Crippen LogP contribution in [0.5, 0.6) is 0 Å². The quantitative estimate of drug-likeness (QED) is 0.180. The Labute approximate surface area is 311 Å². The van der Waals surface area contributed by atoms with Gasteiger partial charge in [-0.1, -0.05) is 67.5 Å². The molecule has 6 atom stereocenters. The molecule has 5 amide bonds. The molecule has 1 aromatic rings. The van der Waals surface area contributed by atoms with E-state index in [1.807, 2.05) is 34.6 Å². The van der Waals surface area contributed by atoms with E-state index in [4.69, 9.17) is 5.11 Å². The number of nitrogens with zero attached hydrogens (tertiary/aromatic N) is 2. The highest BCUT2D eigenvalue weighted by Crippen LogP contribution is 2.65. The van der Waals surface area contributed by atoms with Crippen molar-refractivity contribution in [2.45, 2.75) is 98.8 Å². The summed E-state index contributed by atoms with van der Waals surface area (Å²) in [7, 11) is -2.15. The third-order valence-electron chi connectivity index (χ3n) is 10.5. The first kappa shape index (κ1) is 43.5. The highest BCUT2D eigenvalue weighted by atomic mass is 32.2. The van der Waals surface area contributed by atoms with Crippen LogP contribution >= 0.6 is 0 Å². The second-order valence-electron chi connectivity index (χ2n) is 17.0. The van der Waals surface area contributed by atoms with E-state index in [-0.39, 0.29) is 48.9 Å². The summed E-state index contributed by atoms with van der Waals surface area (Å²) in [5, 5.41) is 19.7. The molecule has 2 aliphatic rings. The lowest BCUT2D eigenvalue weighted by atomic mass is 9.85. The lowest BCUT2D eigenvalue weighted by Gasteiger charge is -2.39. The molecule has 1 aromatic carbocycles. The first-order valence-electron chi connectivity index (χ1n) is 17.6. The Morgan fingerprint density at radius 1 is 0.981 bits per heavy atom. The van der Waals surface area contributed by atoms with Crippen LogP contribution in [0, 0.1) is 28.1 Å². The SMILES string of the molecule is CN(C[C@@H](NC(=O)N[C@H](C(=O)N1C[C@H]2[C@@H](C1C(=O)NC(CC(F)F)C(=O)NCCc1ccc(C(=O)O)cc1)C2(C)C)C(C)(C)C)C(C)(C)C)S(C)(=O)=O. The van der Waals surface area contributed by atoms with E-state index < -0.39 is 87.6 Å². The zero-order valence-electron chi connectivity index (χ0n) is 32.2. The van der Waals surface area contributed by atoms with E-state index >= 15 is 0 Å². The third kappa shape index (κ3) is 11.1. The second-order valence-corrected chi connectivity index (χ2v) is 19.1. The monoisotopic (exact) mass is 770 g/mol. The number of sulfonamides is 1. The number of aromatic carboxylic acids is 1. The second kappa shape index (κ2) is 16.2. The molecule has 1 aliphatic heterocycles. The Kier molecular flexibility index (Phi) is 13.3. The van der Waals surface area contributed by atoms with Gasteiger partial charge in [0.2, 0.25) is 34.2 Å². The van der Waals surface area contributed by atoms with Crippen molar-refractivity contribution < 1.29 is 46.3 Å². The standard InChI is InChI=1S/C36H56F2N6O8S/c1-34(2,3)24(19-43(9)53(10,51)52)41-33(50)42-28(35(4,5)6)31(47)44-18-22-26(36(22,7)8)27(44)30(46)40-23(17-25(37)38)29(45)39-16-15-20-11-13-21(14-12-20)32(48)49/h11-14,22-28H,15-19H2,1-10H3,(H,39,45)(H,40,46)(H,48,49)(H2,41,42,50)/t22-,23?,24+,26-,27?,28+/m0/s1. The van der Waals surface area contributed by atoms with Crippen molar-refractivity contribution in [2.24, 2.45) is 28.1 Å². The normalized spacial score (nSPS) is 21.3. The van der Waals surface area contributed by atoms with Crippen LogP contribution in [-0.2, 0) is 30.8 Å². The summed E-state index contributed by atoms with van der Waals surface area (Å²) in [6.45, 7) is 14.8. The number of amides is 5. The van der Waals surface area contributed by atoms with Gasteiger partial charge < -0.3 is 31.3 Å². The average molecular weight is 771 g/mol. The maximum Gasteiger partial charge on any atom is 0.335 e. The molecule has 0 bridgehead atoms. The fourth-order valence-corrected chi connectivity index (χ4v) is 7.24. The Morgan fingerprint density at radius 3 is 2.06 bits per heavy atom. The van der Waals surface area contributed by atoms with Gasteiger partial charge in [-0.3, -0.25) is 14.4 Å². The van der Waals surface area contributed by atoms with Gasteiger partial charge in [-0.05, 0) is 52.2 Å². The molecule has 1 saturated carbocycles. The van der Waals surface area contributed by atoms with E-state index in [1.54, 1.807) is 32.9 Å². The molecule has 17 heteroatoms. The molecule has 0 radical (unpaired) electrons. The summed E-state index contributed by atoms with van der Waals surface area (Å²) >= 11 is 0. The minimum Gasteiger partial charge on any atom is -0.478 e. The Balaban J connectivity index is 1.78. The summed E-state index contributed by atoms with van der Waals surface area (Å²) in [5.41, 5.74) is -0.974. The number of rotatable bonds is 15. The maximum atomic E-state index is 14.3. The zero-order chi connectivity index (χ0) is 40.4. The lowest BCUT2D eigenvalue weighted by Crippen LogP contribution is -2.62. The van der Waals surface area contributed by atoms with E-state index in [0.29, 0.717) is 5.56 Å². The number of urea groups is 1. The zero-order valence-corrected chi connectivity index (χ0v) is 33.1. The van der Waals surface area contributed by atoms with Gasteiger partial charge in [0.05, 0.1) is 11.8 Å². The van der Waals surface area contributed by atoms with Crippen LogP contribution in [0.25, 0.3) is 0 Å². The number of hydrogen-bond donors (Lipinski definition) is 5. The van der Waals surface area contributed by atoms with E-state index in [9.17, 15) is 41.2 Å². The molecule has 14 nitrogen and oxygen atoms in total. The number of nitrogens with one attached hydrogen (secondary N) is 4. The van der Waals surface area contributed by atoms with Gasteiger partial charge in [0.15, 0.2) is 0 Å². The van der Waals surface area contributed by atoms with Gasteiger partial charge in [-0.25, -0.2) is 31.1 Å². The predicted octanol–water partition coefficient (Wildman–Crippen LogP) is 2.69. The number of carbonyl (C=O) groups is 5. The number of carboxylic acids is 1. The molecule has 2 unspecified atom stereocenters. The van der Waals surface area contributed by atoms with E-state index in [0.717, 1.165) is 10.6 Å². The van der Waals surface area contributed by atoms with Crippen LogP contribution in [0.3, 0.4) is 0 Å². The molecule has 0 spiro atoms. The lowest BCUT2D eigenvalue weighted by molar-refractivity contribution is -0.144. The maximum absolute atomic E-state index is 14.3. The van der Waals surface area contributed by atoms with Crippen molar-refractivity contribution in [1.29, 1.82) is 0 Å². The van der Waals surface area contributed by atoms with E-state index in [1.165, 1.54) is 24.1 Å². The molecule has 0 aromatic heterocycles. The van der Waals surface area contributed by atoms with E-state index in [2.05, 4.69) is 21.3 Å². The summed E-state index contributed by atoms with van der Waals surface area (Å²) in [4.78, 5) is 67.4. The first-order valence-corrected chi connectivity index (χ1v) is 19.5. The molecule has 298 valence electrons. The van der Waals surface area contributed by atoms with Crippen molar-refractivity contribution >= 4 is 39.7 Å². The fourth-order valence-electron chi connectivity index (χ4n) is 6.82. The molecule has 2 fully saturated rings. The van der Waals surface area contributed by atoms with Crippen LogP contribution in [0.4, 0.5) is 13.6 Å². The number of alkyl halides is 2. The number of hydrogen-bond acceptors (Lipinski definition) is 7. The number of carbonyl (C=O) groups excluding carboxylic acids is 4. The smallest absolute Gasteiger partial charge is 0.335 e. The number of carboxylic acid groups (broad SMARTS) is 1. The van der Waals surface area contributed by atoms with Gasteiger partial charge in [-0.15, -0.1) is 0 Å². The number of benzene rings is 1. The molecule has 53 heavy (non-hydrogen) atoms. The summed E-state index contributed by atoms with van der Waals surface area (Å²) < 4.78 is 52.8. The van der Waals surface area contributed by atoms with Crippen LogP contribution in [0.15, 0.2) is 24.3 Å². The van der Waals surface area contributed by atoms with Crippen molar-refractivity contribution in [2.75, 3.05) is 32.9 Å². The van der Waals surface area contributed by atoms with Gasteiger partial charge in [-0.2, -0.15) is 0 Å². The van der Waals surface area contributed by atoms with Gasteiger partial charge in [0.1, 0.15) is 18.1 Å². The van der Waals surface area contributed by atoms with Gasteiger partial charge in [0, 0.05) is 39.1 Å². The Morgan fingerprint density at radius 2 is 1.57 bits per heavy atom. The molecular weight excluding hydrogens is 714 g/mol. The molecule has 1 saturated heterocycles. The van der Waals surface area contributed by atoms with Gasteiger partial charge in [0.25, 0.3) is 0 Å². The topological polar surface area (TPSA) is 194 Å². The minimum atomic E-state index is -3.55. The van der Waals surface area contributed by atoms with Crippen LogP contribution < -0.4 is 21.3 Å². The predicted molar refractivity (Wildman–Crippen MR) is 195 cm³/mol. The van der Waals surface area contributed by atoms with Crippen LogP contribution in [-0.4, -0.2) is 116 Å². The van der Waals surface area contributed by atoms with Crippen LogP contribution in [0.1, 0.15) is 77.7 Å². The molecule has 1 heterocycles. The summed E-state index contributed by atoms with van der Waals surface area (Å²) in [6, 6.07) is 0.794. The van der Waals surface area contributed by atoms with Crippen molar-refractivity contribution in [1.82, 2.24) is 30.5 Å². The summed E-state index contributed by atoms with van der Waals surface area (Å²) in [6.07, 6.45) is -2.55. The minimum absolute atomic E-state index is 0.0239. The highest BCUT2D eigenvalue weighted by molar-refractivity contribution is 7.88. The van der Waals surface area contributed by atoms with Crippen molar-refractivity contribution in [3.63, 3.8) is 0 Å². The van der Waals surface area contributed by atoms with Gasteiger partial charge >= 0.3 is 12.0 Å². The number of fused-ring (bicyclic) bond motifs is 1. The molecule has 1 aliphatic carbocycles. The third-order valence-corrected chi connectivity index (χ3v) is 11.7. The Bertz CT molecular complexity index is 1640. The first-order chi connectivity index (χ1) is 24.2. The molecule has 5 N–H and O–H groups in total. The number of likely N-dealkylation sites (N-methyl/N-ethyl adjacent to an activating group) is 1. The highest BCUT2D eigenvalue weighted by Gasteiger charge is 2.70. The molecule has 3 rings (SSSR count). The van der Waals surface area contributed by atoms with Crippen LogP contribution in [0.2, 0.25) is 0 Å². The molecular formula is C36H56F2N6O8S. The largest absolute Gasteiger partial charge is 0.478 e. The Hall–Kier alpha value is -3.86.